The molecule has 28 heavy (non-hydrogen) atoms. The zero-order valence-electron chi connectivity index (χ0n) is 15.1. The van der Waals surface area contributed by atoms with E-state index in [9.17, 15) is 14.7 Å². The molecule has 2 aromatic carbocycles. The molecule has 1 unspecified atom stereocenters. The van der Waals surface area contributed by atoms with Crippen molar-refractivity contribution >= 4 is 29.0 Å². The van der Waals surface area contributed by atoms with Crippen LogP contribution < -0.4 is 19.5 Å². The summed E-state index contributed by atoms with van der Waals surface area (Å²) in [4.78, 5) is 23.1. The standard InChI is InChI=1S/C20H19NO6S/c1-25-15-6-8-17(9-7-15)27-12-14(22)11-26-16-4-2-13(3-5-16)10-18-19(23)21-20(24)28-18/h2-10,14,22H,11-12H2,1H3,(H,21,23,24). The number of rotatable bonds is 8. The first-order valence-electron chi connectivity index (χ1n) is 8.46. The lowest BCUT2D eigenvalue weighted by Gasteiger charge is -2.14. The van der Waals surface area contributed by atoms with E-state index in [1.165, 1.54) is 0 Å². The van der Waals surface area contributed by atoms with Gasteiger partial charge in [0.25, 0.3) is 11.1 Å². The van der Waals surface area contributed by atoms with Gasteiger partial charge in [0.2, 0.25) is 0 Å². The SMILES string of the molecule is COc1ccc(OCC(O)COc2ccc(C=C3SC(=O)NC3=O)cc2)cc1. The van der Waals surface area contributed by atoms with Gasteiger partial charge >= 0.3 is 0 Å². The molecule has 146 valence electrons. The number of thioether (sulfide) groups is 1. The van der Waals surface area contributed by atoms with Crippen LogP contribution >= 0.6 is 11.8 Å². The van der Waals surface area contributed by atoms with Crippen molar-refractivity contribution in [3.63, 3.8) is 0 Å². The van der Waals surface area contributed by atoms with Crippen molar-refractivity contribution in [2.45, 2.75) is 6.10 Å². The maximum Gasteiger partial charge on any atom is 0.290 e. The van der Waals surface area contributed by atoms with Gasteiger partial charge in [0.1, 0.15) is 36.6 Å². The third-order valence-electron chi connectivity index (χ3n) is 3.76. The summed E-state index contributed by atoms with van der Waals surface area (Å²) in [5, 5.41) is 11.8. The van der Waals surface area contributed by atoms with Gasteiger partial charge in [0.15, 0.2) is 0 Å². The van der Waals surface area contributed by atoms with Crippen LogP contribution in [-0.2, 0) is 4.79 Å². The maximum atomic E-state index is 11.5. The fourth-order valence-corrected chi connectivity index (χ4v) is 3.02. The number of aliphatic hydroxyl groups is 1. The first-order chi connectivity index (χ1) is 13.5. The average molecular weight is 401 g/mol. The van der Waals surface area contributed by atoms with E-state index in [2.05, 4.69) is 5.32 Å². The summed E-state index contributed by atoms with van der Waals surface area (Å²) >= 11 is 0.869. The lowest BCUT2D eigenvalue weighted by Crippen LogP contribution is -2.25. The Morgan fingerprint density at radius 1 is 0.964 bits per heavy atom. The van der Waals surface area contributed by atoms with Gasteiger partial charge < -0.3 is 19.3 Å². The number of nitrogens with one attached hydrogen (secondary N) is 1. The molecule has 1 aliphatic heterocycles. The molecule has 0 aliphatic carbocycles. The molecule has 1 saturated heterocycles. The van der Waals surface area contributed by atoms with E-state index < -0.39 is 12.0 Å². The van der Waals surface area contributed by atoms with Gasteiger partial charge in [-0.1, -0.05) is 12.1 Å². The molecule has 1 heterocycles. The Balaban J connectivity index is 1.45. The van der Waals surface area contributed by atoms with Crippen molar-refractivity contribution in [2.24, 2.45) is 0 Å². The van der Waals surface area contributed by atoms with E-state index in [1.807, 2.05) is 0 Å². The molecule has 2 amide bonds. The summed E-state index contributed by atoms with van der Waals surface area (Å²) in [6.07, 6.45) is 0.833. The van der Waals surface area contributed by atoms with Gasteiger partial charge in [-0.05, 0) is 59.8 Å². The Morgan fingerprint density at radius 3 is 2.00 bits per heavy atom. The normalized spacial score (nSPS) is 16.0. The lowest BCUT2D eigenvalue weighted by atomic mass is 10.2. The maximum absolute atomic E-state index is 11.5. The zero-order chi connectivity index (χ0) is 19.9. The van der Waals surface area contributed by atoms with Crippen LogP contribution in [0, 0.1) is 0 Å². The van der Waals surface area contributed by atoms with Crippen molar-refractivity contribution in [3.8, 4) is 17.2 Å². The number of hydrogen-bond donors (Lipinski definition) is 2. The molecular formula is C20H19NO6S. The Hall–Kier alpha value is -2.97. The number of ether oxygens (including phenoxy) is 3. The highest BCUT2D eigenvalue weighted by Crippen LogP contribution is 2.26. The first kappa shape index (κ1) is 19.8. The fourth-order valence-electron chi connectivity index (χ4n) is 2.34. The van der Waals surface area contributed by atoms with E-state index >= 15 is 0 Å². The molecule has 2 N–H and O–H groups in total. The number of benzene rings is 2. The van der Waals surface area contributed by atoms with E-state index in [4.69, 9.17) is 14.2 Å². The van der Waals surface area contributed by atoms with Crippen molar-refractivity contribution in [1.82, 2.24) is 5.32 Å². The van der Waals surface area contributed by atoms with Crippen molar-refractivity contribution in [1.29, 1.82) is 0 Å². The van der Waals surface area contributed by atoms with Gasteiger partial charge in [0.05, 0.1) is 12.0 Å². The molecule has 2 aromatic rings. The minimum absolute atomic E-state index is 0.0728. The number of carbonyl (C=O) groups excluding carboxylic acids is 2. The lowest BCUT2D eigenvalue weighted by molar-refractivity contribution is -0.115. The Morgan fingerprint density at radius 2 is 1.50 bits per heavy atom. The summed E-state index contributed by atoms with van der Waals surface area (Å²) in [6, 6.07) is 14.0. The van der Waals surface area contributed by atoms with Crippen molar-refractivity contribution < 1.29 is 28.9 Å². The smallest absolute Gasteiger partial charge is 0.290 e. The van der Waals surface area contributed by atoms with E-state index in [0.29, 0.717) is 16.4 Å². The van der Waals surface area contributed by atoms with Crippen LogP contribution in [-0.4, -0.2) is 42.7 Å². The molecule has 1 fully saturated rings. The van der Waals surface area contributed by atoms with Gasteiger partial charge in [-0.3, -0.25) is 14.9 Å². The van der Waals surface area contributed by atoms with Crippen LogP contribution in [0.5, 0.6) is 17.2 Å². The number of hydrogen-bond acceptors (Lipinski definition) is 7. The predicted molar refractivity (Wildman–Crippen MR) is 106 cm³/mol. The third-order valence-corrected chi connectivity index (χ3v) is 4.57. The molecule has 0 spiro atoms. The highest BCUT2D eigenvalue weighted by molar-refractivity contribution is 8.18. The summed E-state index contributed by atoms with van der Waals surface area (Å²) in [5.41, 5.74) is 0.767. The molecule has 1 aliphatic rings. The van der Waals surface area contributed by atoms with E-state index in [1.54, 1.807) is 61.7 Å². The highest BCUT2D eigenvalue weighted by Gasteiger charge is 2.24. The zero-order valence-corrected chi connectivity index (χ0v) is 15.9. The molecular weight excluding hydrogens is 382 g/mol. The molecule has 0 saturated carbocycles. The summed E-state index contributed by atoms with van der Waals surface area (Å²) in [5.74, 6) is 1.54. The van der Waals surface area contributed by atoms with Gasteiger partial charge in [-0.15, -0.1) is 0 Å². The van der Waals surface area contributed by atoms with Gasteiger partial charge in [0, 0.05) is 0 Å². The van der Waals surface area contributed by atoms with Gasteiger partial charge in [-0.25, -0.2) is 0 Å². The third kappa shape index (κ3) is 5.51. The molecule has 0 radical (unpaired) electrons. The molecule has 1 atom stereocenters. The Labute approximate surface area is 166 Å². The van der Waals surface area contributed by atoms with Crippen molar-refractivity contribution in [3.05, 3.63) is 59.0 Å². The minimum Gasteiger partial charge on any atom is -0.497 e. The first-order valence-corrected chi connectivity index (χ1v) is 9.28. The van der Waals surface area contributed by atoms with Crippen LogP contribution in [0.2, 0.25) is 0 Å². The summed E-state index contributed by atoms with van der Waals surface area (Å²) < 4.78 is 16.1. The minimum atomic E-state index is -0.798. The van der Waals surface area contributed by atoms with Crippen LogP contribution in [0.1, 0.15) is 5.56 Å². The molecule has 0 aromatic heterocycles. The number of carbonyl (C=O) groups is 2. The van der Waals surface area contributed by atoms with Crippen molar-refractivity contribution in [2.75, 3.05) is 20.3 Å². The Kier molecular flexibility index (Phi) is 6.57. The van der Waals surface area contributed by atoms with Crippen LogP contribution in [0.15, 0.2) is 53.4 Å². The number of methoxy groups -OCH3 is 1. The number of aliphatic hydroxyl groups excluding tert-OH is 1. The number of imide groups is 1. The molecule has 7 nitrogen and oxygen atoms in total. The molecule has 3 rings (SSSR count). The largest absolute Gasteiger partial charge is 0.497 e. The Bertz CT molecular complexity index is 863. The van der Waals surface area contributed by atoms with Crippen LogP contribution in [0.4, 0.5) is 4.79 Å². The van der Waals surface area contributed by atoms with Crippen LogP contribution in [0.3, 0.4) is 0 Å². The summed E-state index contributed by atoms with van der Waals surface area (Å²) in [7, 11) is 1.59. The second kappa shape index (κ2) is 9.29. The van der Waals surface area contributed by atoms with Crippen LogP contribution in [0.25, 0.3) is 6.08 Å². The monoisotopic (exact) mass is 401 g/mol. The van der Waals surface area contributed by atoms with E-state index in [0.717, 1.165) is 23.1 Å². The second-order valence-corrected chi connectivity index (χ2v) is 6.89. The predicted octanol–water partition coefficient (Wildman–Crippen LogP) is 2.84. The topological polar surface area (TPSA) is 94.1 Å². The fraction of sp³-hybridized carbons (Fsp3) is 0.200. The van der Waals surface area contributed by atoms with E-state index in [-0.39, 0.29) is 18.5 Å². The number of amides is 2. The quantitative estimate of drug-likeness (QED) is 0.657. The second-order valence-electron chi connectivity index (χ2n) is 5.87. The highest BCUT2D eigenvalue weighted by atomic mass is 32.2. The average Bonchev–Trinajstić information content (AvgIpc) is 3.03. The van der Waals surface area contributed by atoms with Gasteiger partial charge in [-0.2, -0.15) is 0 Å². The summed E-state index contributed by atoms with van der Waals surface area (Å²) in [6.45, 7) is 0.167. The molecule has 0 bridgehead atoms. The molecule has 8 heteroatoms.